The number of aryl methyl sites for hydroxylation is 1. The molecule has 0 aliphatic heterocycles. The average molecular weight is 407 g/mol. The maximum atomic E-state index is 12.2. The number of benzene rings is 2. The van der Waals surface area contributed by atoms with E-state index in [1.54, 1.807) is 24.4 Å². The molecule has 2 aromatic carbocycles. The van der Waals surface area contributed by atoms with Gasteiger partial charge >= 0.3 is 0 Å². The lowest BCUT2D eigenvalue weighted by atomic mass is 10.2. The van der Waals surface area contributed by atoms with Gasteiger partial charge < -0.3 is 0 Å². The molecule has 0 radical (unpaired) electrons. The SMILES string of the molecule is Cc1ccc(S(=O)(=O)N(C)C)cc1N=C/C(Br)=C/c1ccccc1. The molecule has 0 aliphatic rings. The molecule has 0 atom stereocenters. The van der Waals surface area contributed by atoms with Crippen molar-refractivity contribution in [2.75, 3.05) is 14.1 Å². The molecule has 0 saturated carbocycles. The highest BCUT2D eigenvalue weighted by Gasteiger charge is 2.17. The molecule has 0 aliphatic carbocycles. The molecule has 0 N–H and O–H groups in total. The van der Waals surface area contributed by atoms with Crippen LogP contribution in [0.3, 0.4) is 0 Å². The van der Waals surface area contributed by atoms with E-state index in [-0.39, 0.29) is 4.90 Å². The topological polar surface area (TPSA) is 49.7 Å². The maximum Gasteiger partial charge on any atom is 0.242 e. The summed E-state index contributed by atoms with van der Waals surface area (Å²) in [5.74, 6) is 0. The summed E-state index contributed by atoms with van der Waals surface area (Å²) in [6.07, 6.45) is 3.61. The molecular formula is C18H19BrN2O2S. The highest BCUT2D eigenvalue weighted by Crippen LogP contribution is 2.24. The van der Waals surface area contributed by atoms with Crippen LogP contribution in [0, 0.1) is 6.92 Å². The van der Waals surface area contributed by atoms with E-state index in [2.05, 4.69) is 20.9 Å². The van der Waals surface area contributed by atoms with Crippen molar-refractivity contribution in [3.63, 3.8) is 0 Å². The van der Waals surface area contributed by atoms with Crippen LogP contribution >= 0.6 is 15.9 Å². The summed E-state index contributed by atoms with van der Waals surface area (Å²) < 4.78 is 26.4. The van der Waals surface area contributed by atoms with Crippen LogP contribution in [0.1, 0.15) is 11.1 Å². The lowest BCUT2D eigenvalue weighted by Crippen LogP contribution is -2.22. The Morgan fingerprint density at radius 1 is 1.12 bits per heavy atom. The van der Waals surface area contributed by atoms with Gasteiger partial charge in [0.25, 0.3) is 0 Å². The minimum atomic E-state index is -3.47. The van der Waals surface area contributed by atoms with Crippen LogP contribution in [-0.2, 0) is 10.0 Å². The second-order valence-corrected chi connectivity index (χ2v) is 8.50. The van der Waals surface area contributed by atoms with Crippen molar-refractivity contribution in [3.05, 3.63) is 64.1 Å². The summed E-state index contributed by atoms with van der Waals surface area (Å²) >= 11 is 3.46. The van der Waals surface area contributed by atoms with E-state index in [9.17, 15) is 8.42 Å². The third kappa shape index (κ3) is 4.63. The van der Waals surface area contributed by atoms with Gasteiger partial charge in [0.1, 0.15) is 0 Å². The molecule has 0 saturated heterocycles. The Balaban J connectivity index is 2.31. The van der Waals surface area contributed by atoms with Gasteiger partial charge in [-0.3, -0.25) is 4.99 Å². The molecule has 2 rings (SSSR count). The van der Waals surface area contributed by atoms with Gasteiger partial charge in [0.15, 0.2) is 0 Å². The summed E-state index contributed by atoms with van der Waals surface area (Å²) in [4.78, 5) is 4.64. The molecule has 0 amide bonds. The van der Waals surface area contributed by atoms with Gasteiger partial charge in [-0.15, -0.1) is 0 Å². The molecule has 0 heterocycles. The van der Waals surface area contributed by atoms with Crippen LogP contribution < -0.4 is 0 Å². The van der Waals surface area contributed by atoms with E-state index in [1.165, 1.54) is 18.4 Å². The van der Waals surface area contributed by atoms with Crippen molar-refractivity contribution in [2.45, 2.75) is 11.8 Å². The molecule has 0 unspecified atom stereocenters. The first kappa shape index (κ1) is 18.6. The molecular weight excluding hydrogens is 388 g/mol. The Morgan fingerprint density at radius 2 is 1.79 bits per heavy atom. The summed E-state index contributed by atoms with van der Waals surface area (Å²) in [6.45, 7) is 1.90. The lowest BCUT2D eigenvalue weighted by Gasteiger charge is -2.12. The lowest BCUT2D eigenvalue weighted by molar-refractivity contribution is 0.521. The first-order valence-electron chi connectivity index (χ1n) is 7.30. The fraction of sp³-hybridized carbons (Fsp3) is 0.167. The van der Waals surface area contributed by atoms with E-state index in [0.717, 1.165) is 15.6 Å². The zero-order valence-corrected chi connectivity index (χ0v) is 16.2. The van der Waals surface area contributed by atoms with E-state index >= 15 is 0 Å². The van der Waals surface area contributed by atoms with Crippen molar-refractivity contribution < 1.29 is 8.42 Å². The van der Waals surface area contributed by atoms with Gasteiger partial charge in [0, 0.05) is 24.8 Å². The predicted molar refractivity (Wildman–Crippen MR) is 104 cm³/mol. The van der Waals surface area contributed by atoms with Gasteiger partial charge in [0.2, 0.25) is 10.0 Å². The molecule has 126 valence electrons. The first-order chi connectivity index (χ1) is 11.3. The van der Waals surface area contributed by atoms with Gasteiger partial charge in [-0.1, -0.05) is 36.4 Å². The van der Waals surface area contributed by atoms with Gasteiger partial charge in [-0.2, -0.15) is 0 Å². The van der Waals surface area contributed by atoms with E-state index in [4.69, 9.17) is 0 Å². The molecule has 24 heavy (non-hydrogen) atoms. The molecule has 6 heteroatoms. The number of nitrogens with zero attached hydrogens (tertiary/aromatic N) is 2. The van der Waals surface area contributed by atoms with Crippen LogP contribution in [0.25, 0.3) is 6.08 Å². The van der Waals surface area contributed by atoms with Crippen molar-refractivity contribution in [3.8, 4) is 0 Å². The monoisotopic (exact) mass is 406 g/mol. The molecule has 0 fully saturated rings. The molecule has 2 aromatic rings. The summed E-state index contributed by atoms with van der Waals surface area (Å²) in [5.41, 5.74) is 2.58. The van der Waals surface area contributed by atoms with Crippen LogP contribution in [-0.4, -0.2) is 33.0 Å². The largest absolute Gasteiger partial charge is 0.255 e. The zero-order chi connectivity index (χ0) is 17.7. The van der Waals surface area contributed by atoms with E-state index in [1.807, 2.05) is 43.3 Å². The highest BCUT2D eigenvalue weighted by molar-refractivity contribution is 9.12. The fourth-order valence-electron chi connectivity index (χ4n) is 1.98. The van der Waals surface area contributed by atoms with Crippen LogP contribution in [0.5, 0.6) is 0 Å². The zero-order valence-electron chi connectivity index (χ0n) is 13.8. The van der Waals surface area contributed by atoms with Crippen molar-refractivity contribution in [1.29, 1.82) is 0 Å². The summed E-state index contributed by atoms with van der Waals surface area (Å²) in [7, 11) is -0.448. The van der Waals surface area contributed by atoms with Crippen molar-refractivity contribution in [1.82, 2.24) is 4.31 Å². The number of hydrogen-bond acceptors (Lipinski definition) is 3. The normalized spacial score (nSPS) is 13.0. The molecule has 0 spiro atoms. The second-order valence-electron chi connectivity index (χ2n) is 5.43. The van der Waals surface area contributed by atoms with E-state index in [0.29, 0.717) is 5.69 Å². The number of halogens is 1. The minimum absolute atomic E-state index is 0.230. The minimum Gasteiger partial charge on any atom is -0.255 e. The number of allylic oxidation sites excluding steroid dienone is 1. The molecule has 4 nitrogen and oxygen atoms in total. The standard InChI is InChI=1S/C18H19BrN2O2S/c1-14-9-10-17(24(22,23)21(2)3)12-18(14)20-13-16(19)11-15-7-5-4-6-8-15/h4-13H,1-3H3/b16-11-,20-13?. The number of rotatable bonds is 5. The maximum absolute atomic E-state index is 12.2. The summed E-state index contributed by atoms with van der Waals surface area (Å²) in [5, 5.41) is 0. The second kappa shape index (κ2) is 7.88. The predicted octanol–water partition coefficient (Wildman–Crippen LogP) is 4.38. The number of hydrogen-bond donors (Lipinski definition) is 0. The van der Waals surface area contributed by atoms with Gasteiger partial charge in [-0.25, -0.2) is 12.7 Å². The van der Waals surface area contributed by atoms with Gasteiger partial charge in [0.05, 0.1) is 10.6 Å². The Hall–Kier alpha value is -1.76. The van der Waals surface area contributed by atoms with Gasteiger partial charge in [-0.05, 0) is 52.2 Å². The quantitative estimate of drug-likeness (QED) is 0.691. The van der Waals surface area contributed by atoms with E-state index < -0.39 is 10.0 Å². The highest BCUT2D eigenvalue weighted by atomic mass is 79.9. The third-order valence-corrected chi connectivity index (χ3v) is 5.64. The average Bonchev–Trinajstić information content (AvgIpc) is 2.54. The Labute approximate surface area is 151 Å². The van der Waals surface area contributed by atoms with Crippen molar-refractivity contribution >= 4 is 43.9 Å². The number of aliphatic imine (C=N–C) groups is 1. The third-order valence-electron chi connectivity index (χ3n) is 3.39. The van der Waals surface area contributed by atoms with Crippen LogP contribution in [0.4, 0.5) is 5.69 Å². The van der Waals surface area contributed by atoms with Crippen LogP contribution in [0.2, 0.25) is 0 Å². The molecule has 0 bridgehead atoms. The van der Waals surface area contributed by atoms with Crippen LogP contribution in [0.15, 0.2) is 62.9 Å². The Morgan fingerprint density at radius 3 is 2.42 bits per heavy atom. The number of sulfonamides is 1. The van der Waals surface area contributed by atoms with Crippen molar-refractivity contribution in [2.24, 2.45) is 4.99 Å². The fourth-order valence-corrected chi connectivity index (χ4v) is 3.27. The summed E-state index contributed by atoms with van der Waals surface area (Å²) in [6, 6.07) is 14.8. The Bertz CT molecular complexity index is 873. The smallest absolute Gasteiger partial charge is 0.242 e. The Kier molecular flexibility index (Phi) is 6.10. The first-order valence-corrected chi connectivity index (χ1v) is 9.53. The molecule has 0 aromatic heterocycles.